The molecule has 1 aromatic rings. The molecular weight excluding hydrogens is 264 g/mol. The van der Waals surface area contributed by atoms with E-state index in [9.17, 15) is 9.90 Å². The quantitative estimate of drug-likeness (QED) is 0.844. The third-order valence-corrected chi connectivity index (χ3v) is 3.51. The minimum absolute atomic E-state index is 0.0399. The molecule has 1 atom stereocenters. The summed E-state index contributed by atoms with van der Waals surface area (Å²) >= 11 is 5.99. The molecule has 1 fully saturated rings. The first-order valence-electron chi connectivity index (χ1n) is 6.80. The van der Waals surface area contributed by atoms with Gasteiger partial charge in [-0.25, -0.2) is 0 Å². The number of aliphatic hydroxyl groups is 1. The molecule has 106 valence electrons. The van der Waals surface area contributed by atoms with Crippen LogP contribution in [0.1, 0.15) is 49.6 Å². The standard InChI is InChI=1S/C14H21ClN2O2/c1-9(2)5-11(8-18)16-14(19)13-6-10(15)7-17(13)12-3-4-12/h6-7,9,11-12,18H,3-5,8H2,1-2H3,(H,16,19). The van der Waals surface area contributed by atoms with E-state index in [1.54, 1.807) is 6.07 Å². The van der Waals surface area contributed by atoms with Gasteiger partial charge in [-0.2, -0.15) is 0 Å². The van der Waals surface area contributed by atoms with E-state index >= 15 is 0 Å². The normalized spacial score (nSPS) is 16.7. The third-order valence-electron chi connectivity index (χ3n) is 3.30. The van der Waals surface area contributed by atoms with Gasteiger partial charge < -0.3 is 15.0 Å². The number of carbonyl (C=O) groups excluding carboxylic acids is 1. The van der Waals surface area contributed by atoms with E-state index in [1.807, 2.05) is 10.8 Å². The zero-order chi connectivity index (χ0) is 14.0. The SMILES string of the molecule is CC(C)CC(CO)NC(=O)c1cc(Cl)cn1C1CC1. The monoisotopic (exact) mass is 284 g/mol. The lowest BCUT2D eigenvalue weighted by Crippen LogP contribution is -2.39. The van der Waals surface area contributed by atoms with Crippen LogP contribution >= 0.6 is 11.6 Å². The van der Waals surface area contributed by atoms with Gasteiger partial charge in [-0.15, -0.1) is 0 Å². The molecule has 0 saturated heterocycles. The summed E-state index contributed by atoms with van der Waals surface area (Å²) in [6, 6.07) is 1.90. The first-order valence-corrected chi connectivity index (χ1v) is 7.18. The molecule has 1 aliphatic rings. The average molecular weight is 285 g/mol. The molecule has 1 heterocycles. The Morgan fingerprint density at radius 3 is 2.79 bits per heavy atom. The first kappa shape index (κ1) is 14.4. The number of nitrogens with zero attached hydrogens (tertiary/aromatic N) is 1. The Labute approximate surface area is 118 Å². The van der Waals surface area contributed by atoms with Gasteiger partial charge in [0.2, 0.25) is 0 Å². The highest BCUT2D eigenvalue weighted by atomic mass is 35.5. The molecular formula is C14H21ClN2O2. The van der Waals surface area contributed by atoms with Crippen LogP contribution in [-0.4, -0.2) is 28.2 Å². The van der Waals surface area contributed by atoms with Gasteiger partial charge in [0.15, 0.2) is 0 Å². The second kappa shape index (κ2) is 5.97. The van der Waals surface area contributed by atoms with Crippen LogP contribution in [0.4, 0.5) is 0 Å². The fourth-order valence-electron chi connectivity index (χ4n) is 2.29. The number of rotatable bonds is 6. The predicted octanol–water partition coefficient (Wildman–Crippen LogP) is 2.61. The van der Waals surface area contributed by atoms with Crippen molar-refractivity contribution in [3.63, 3.8) is 0 Å². The summed E-state index contributed by atoms with van der Waals surface area (Å²) in [6.07, 6.45) is 4.77. The van der Waals surface area contributed by atoms with Crippen molar-refractivity contribution < 1.29 is 9.90 Å². The number of amides is 1. The topological polar surface area (TPSA) is 54.3 Å². The van der Waals surface area contributed by atoms with Crippen molar-refractivity contribution in [1.82, 2.24) is 9.88 Å². The summed E-state index contributed by atoms with van der Waals surface area (Å²) in [6.45, 7) is 4.10. The smallest absolute Gasteiger partial charge is 0.268 e. The Kier molecular flexibility index (Phi) is 4.53. The zero-order valence-corrected chi connectivity index (χ0v) is 12.2. The highest BCUT2D eigenvalue weighted by Crippen LogP contribution is 2.37. The second-order valence-corrected chi connectivity index (χ2v) is 6.10. The lowest BCUT2D eigenvalue weighted by molar-refractivity contribution is 0.0898. The van der Waals surface area contributed by atoms with Gasteiger partial charge in [0, 0.05) is 12.2 Å². The molecule has 1 saturated carbocycles. The molecule has 2 rings (SSSR count). The number of aliphatic hydroxyl groups excluding tert-OH is 1. The number of nitrogens with one attached hydrogen (secondary N) is 1. The molecule has 0 aromatic carbocycles. The van der Waals surface area contributed by atoms with E-state index in [2.05, 4.69) is 19.2 Å². The van der Waals surface area contributed by atoms with Crippen LogP contribution in [0.2, 0.25) is 5.02 Å². The lowest BCUT2D eigenvalue weighted by atomic mass is 10.0. The molecule has 1 aromatic heterocycles. The summed E-state index contributed by atoms with van der Waals surface area (Å²) < 4.78 is 1.95. The molecule has 1 aliphatic carbocycles. The fraction of sp³-hybridized carbons (Fsp3) is 0.643. The van der Waals surface area contributed by atoms with Crippen LogP contribution in [0.3, 0.4) is 0 Å². The van der Waals surface area contributed by atoms with Crippen molar-refractivity contribution in [1.29, 1.82) is 0 Å². The van der Waals surface area contributed by atoms with Gasteiger partial charge in [0.25, 0.3) is 5.91 Å². The van der Waals surface area contributed by atoms with Gasteiger partial charge >= 0.3 is 0 Å². The average Bonchev–Trinajstić information content (AvgIpc) is 3.10. The van der Waals surface area contributed by atoms with E-state index in [0.29, 0.717) is 22.7 Å². The molecule has 0 bridgehead atoms. The Morgan fingerprint density at radius 1 is 1.58 bits per heavy atom. The van der Waals surface area contributed by atoms with Crippen LogP contribution in [0, 0.1) is 5.92 Å². The fourth-order valence-corrected chi connectivity index (χ4v) is 2.50. The van der Waals surface area contributed by atoms with E-state index in [1.165, 1.54) is 0 Å². The highest BCUT2D eigenvalue weighted by Gasteiger charge is 2.28. The first-order chi connectivity index (χ1) is 9.01. The van der Waals surface area contributed by atoms with Crippen molar-refractivity contribution in [3.05, 3.63) is 23.0 Å². The number of halogens is 1. The van der Waals surface area contributed by atoms with Crippen LogP contribution < -0.4 is 5.32 Å². The minimum atomic E-state index is -0.200. The van der Waals surface area contributed by atoms with Crippen LogP contribution in [0.5, 0.6) is 0 Å². The van der Waals surface area contributed by atoms with Crippen molar-refractivity contribution in [2.24, 2.45) is 5.92 Å². The molecule has 1 unspecified atom stereocenters. The Morgan fingerprint density at radius 2 is 2.26 bits per heavy atom. The van der Waals surface area contributed by atoms with E-state index in [-0.39, 0.29) is 18.6 Å². The van der Waals surface area contributed by atoms with Crippen molar-refractivity contribution >= 4 is 17.5 Å². The van der Waals surface area contributed by atoms with E-state index < -0.39 is 0 Å². The largest absolute Gasteiger partial charge is 0.394 e. The maximum Gasteiger partial charge on any atom is 0.268 e. The second-order valence-electron chi connectivity index (χ2n) is 5.66. The number of hydrogen-bond acceptors (Lipinski definition) is 2. The number of carbonyl (C=O) groups is 1. The molecule has 4 nitrogen and oxygen atoms in total. The minimum Gasteiger partial charge on any atom is -0.394 e. The summed E-state index contributed by atoms with van der Waals surface area (Å²) in [5.41, 5.74) is 0.592. The lowest BCUT2D eigenvalue weighted by Gasteiger charge is -2.18. The van der Waals surface area contributed by atoms with Crippen LogP contribution in [0.25, 0.3) is 0 Å². The van der Waals surface area contributed by atoms with Gasteiger partial charge in [-0.05, 0) is 31.2 Å². The van der Waals surface area contributed by atoms with Crippen LogP contribution in [0.15, 0.2) is 12.3 Å². The Balaban J connectivity index is 2.06. The molecule has 0 spiro atoms. The molecule has 5 heteroatoms. The Hall–Kier alpha value is -1.00. The summed E-state index contributed by atoms with van der Waals surface area (Å²) in [5, 5.41) is 12.8. The van der Waals surface area contributed by atoms with Crippen molar-refractivity contribution in [2.75, 3.05) is 6.61 Å². The van der Waals surface area contributed by atoms with Crippen molar-refractivity contribution in [3.8, 4) is 0 Å². The molecule has 2 N–H and O–H groups in total. The number of aromatic nitrogens is 1. The molecule has 0 aliphatic heterocycles. The maximum atomic E-state index is 12.3. The van der Waals surface area contributed by atoms with Gasteiger partial charge in [0.1, 0.15) is 5.69 Å². The van der Waals surface area contributed by atoms with Gasteiger partial charge in [-0.3, -0.25) is 4.79 Å². The number of hydrogen-bond donors (Lipinski definition) is 2. The summed E-state index contributed by atoms with van der Waals surface area (Å²) in [4.78, 5) is 12.3. The Bertz CT molecular complexity index is 452. The summed E-state index contributed by atoms with van der Waals surface area (Å²) in [5.74, 6) is 0.273. The third kappa shape index (κ3) is 3.74. The molecule has 19 heavy (non-hydrogen) atoms. The molecule has 1 amide bonds. The van der Waals surface area contributed by atoms with E-state index in [0.717, 1.165) is 19.3 Å². The van der Waals surface area contributed by atoms with Crippen molar-refractivity contribution in [2.45, 2.75) is 45.2 Å². The van der Waals surface area contributed by atoms with E-state index in [4.69, 9.17) is 11.6 Å². The van der Waals surface area contributed by atoms with Crippen LogP contribution in [-0.2, 0) is 0 Å². The van der Waals surface area contributed by atoms with Gasteiger partial charge in [0.05, 0.1) is 17.7 Å². The summed E-state index contributed by atoms with van der Waals surface area (Å²) in [7, 11) is 0. The maximum absolute atomic E-state index is 12.3. The van der Waals surface area contributed by atoms with Gasteiger partial charge in [-0.1, -0.05) is 25.4 Å². The highest BCUT2D eigenvalue weighted by molar-refractivity contribution is 6.31. The zero-order valence-electron chi connectivity index (χ0n) is 11.4. The predicted molar refractivity (Wildman–Crippen MR) is 75.5 cm³/mol. The molecule has 0 radical (unpaired) electrons.